The summed E-state index contributed by atoms with van der Waals surface area (Å²) in [4.78, 5) is 6.75. The number of hydrogen-bond donors (Lipinski definition) is 1. The molecule has 1 aromatic rings. The number of rotatable bonds is 2. The van der Waals surface area contributed by atoms with Crippen LogP contribution in [-0.2, 0) is 6.54 Å². The van der Waals surface area contributed by atoms with E-state index < -0.39 is 0 Å². The molecule has 1 fully saturated rings. The molecule has 0 unspecified atom stereocenters. The largest absolute Gasteiger partial charge is 0.326 e. The van der Waals surface area contributed by atoms with E-state index in [0.29, 0.717) is 6.04 Å². The van der Waals surface area contributed by atoms with Gasteiger partial charge in [-0.15, -0.1) is 12.4 Å². The Bertz CT molecular complexity index is 299. The van der Waals surface area contributed by atoms with E-state index >= 15 is 0 Å². The van der Waals surface area contributed by atoms with Gasteiger partial charge in [0, 0.05) is 31.9 Å². The molecule has 0 amide bonds. The predicted octanol–water partition coefficient (Wildman–Crippen LogP) is 1.34. The van der Waals surface area contributed by atoms with Crippen molar-refractivity contribution >= 4 is 12.4 Å². The van der Waals surface area contributed by atoms with Gasteiger partial charge in [-0.25, -0.2) is 0 Å². The van der Waals surface area contributed by atoms with Crippen LogP contribution in [0.5, 0.6) is 0 Å². The van der Waals surface area contributed by atoms with Crippen molar-refractivity contribution in [3.05, 3.63) is 29.6 Å². The van der Waals surface area contributed by atoms with E-state index in [9.17, 15) is 0 Å². The molecule has 0 saturated carbocycles. The molecule has 3 nitrogen and oxygen atoms in total. The minimum Gasteiger partial charge on any atom is -0.326 e. The van der Waals surface area contributed by atoms with E-state index in [1.165, 1.54) is 5.56 Å². The van der Waals surface area contributed by atoms with Crippen LogP contribution in [0.25, 0.3) is 0 Å². The SMILES string of the molecule is Cc1ccc(CN2CC[C@@H](N)C2)nc1.Cl. The number of aryl methyl sites for hydroxylation is 1. The van der Waals surface area contributed by atoms with Gasteiger partial charge >= 0.3 is 0 Å². The molecule has 0 aromatic carbocycles. The molecule has 1 atom stereocenters. The Kier molecular flexibility index (Phi) is 4.51. The molecule has 0 radical (unpaired) electrons. The lowest BCUT2D eigenvalue weighted by molar-refractivity contribution is 0.323. The highest BCUT2D eigenvalue weighted by atomic mass is 35.5. The molecule has 4 heteroatoms. The van der Waals surface area contributed by atoms with Crippen molar-refractivity contribution in [1.82, 2.24) is 9.88 Å². The van der Waals surface area contributed by atoms with Gasteiger partial charge in [-0.2, -0.15) is 0 Å². The number of nitrogens with zero attached hydrogens (tertiary/aromatic N) is 2. The van der Waals surface area contributed by atoms with Crippen LogP contribution in [0.1, 0.15) is 17.7 Å². The Balaban J connectivity index is 0.00000112. The molecule has 2 heterocycles. The number of hydrogen-bond acceptors (Lipinski definition) is 3. The molecule has 1 aliphatic rings. The molecule has 0 bridgehead atoms. The summed E-state index contributed by atoms with van der Waals surface area (Å²) in [6, 6.07) is 4.57. The molecule has 84 valence electrons. The van der Waals surface area contributed by atoms with Gasteiger partial charge in [0.05, 0.1) is 5.69 Å². The van der Waals surface area contributed by atoms with Crippen molar-refractivity contribution in [2.24, 2.45) is 5.73 Å². The highest BCUT2D eigenvalue weighted by Crippen LogP contribution is 2.10. The summed E-state index contributed by atoms with van der Waals surface area (Å²) >= 11 is 0. The lowest BCUT2D eigenvalue weighted by Crippen LogP contribution is -2.26. The summed E-state index contributed by atoms with van der Waals surface area (Å²) in [5.74, 6) is 0. The number of nitrogens with two attached hydrogens (primary N) is 1. The van der Waals surface area contributed by atoms with Gasteiger partial charge in [-0.1, -0.05) is 6.07 Å². The molecule has 1 aliphatic heterocycles. The lowest BCUT2D eigenvalue weighted by atomic mass is 10.2. The average molecular weight is 228 g/mol. The van der Waals surface area contributed by atoms with Gasteiger partial charge in [0.2, 0.25) is 0 Å². The van der Waals surface area contributed by atoms with Crippen LogP contribution >= 0.6 is 12.4 Å². The molecule has 2 N–H and O–H groups in total. The van der Waals surface area contributed by atoms with Crippen molar-refractivity contribution in [1.29, 1.82) is 0 Å². The molecule has 1 saturated heterocycles. The first-order chi connectivity index (χ1) is 6.74. The fraction of sp³-hybridized carbons (Fsp3) is 0.545. The van der Waals surface area contributed by atoms with Crippen molar-refractivity contribution in [3.63, 3.8) is 0 Å². The number of aromatic nitrogens is 1. The second-order valence-electron chi connectivity index (χ2n) is 4.11. The zero-order valence-corrected chi connectivity index (χ0v) is 9.83. The first kappa shape index (κ1) is 12.4. The van der Waals surface area contributed by atoms with Gasteiger partial charge < -0.3 is 5.73 Å². The summed E-state index contributed by atoms with van der Waals surface area (Å²) in [6.45, 7) is 5.11. The third-order valence-electron chi connectivity index (χ3n) is 2.67. The highest BCUT2D eigenvalue weighted by Gasteiger charge is 2.18. The molecular formula is C11H18ClN3. The number of halogens is 1. The van der Waals surface area contributed by atoms with Crippen LogP contribution in [0.15, 0.2) is 18.3 Å². The number of pyridine rings is 1. The maximum absolute atomic E-state index is 5.84. The summed E-state index contributed by atoms with van der Waals surface area (Å²) < 4.78 is 0. The van der Waals surface area contributed by atoms with E-state index in [2.05, 4.69) is 28.9 Å². The zero-order valence-electron chi connectivity index (χ0n) is 9.02. The minimum absolute atomic E-state index is 0. The summed E-state index contributed by atoms with van der Waals surface area (Å²) in [5.41, 5.74) is 8.20. The van der Waals surface area contributed by atoms with Gasteiger partial charge in [0.15, 0.2) is 0 Å². The monoisotopic (exact) mass is 227 g/mol. The quantitative estimate of drug-likeness (QED) is 0.830. The minimum atomic E-state index is 0. The lowest BCUT2D eigenvalue weighted by Gasteiger charge is -2.14. The first-order valence-corrected chi connectivity index (χ1v) is 5.13. The van der Waals surface area contributed by atoms with Gasteiger partial charge in [0.1, 0.15) is 0 Å². The Morgan fingerprint density at radius 3 is 2.87 bits per heavy atom. The smallest absolute Gasteiger partial charge is 0.0544 e. The fourth-order valence-electron chi connectivity index (χ4n) is 1.83. The topological polar surface area (TPSA) is 42.1 Å². The van der Waals surface area contributed by atoms with E-state index in [0.717, 1.165) is 31.7 Å². The molecule has 1 aromatic heterocycles. The highest BCUT2D eigenvalue weighted by molar-refractivity contribution is 5.85. The van der Waals surface area contributed by atoms with E-state index in [4.69, 9.17) is 5.73 Å². The summed E-state index contributed by atoms with van der Waals surface area (Å²) in [5, 5.41) is 0. The number of likely N-dealkylation sites (tertiary alicyclic amines) is 1. The van der Waals surface area contributed by atoms with Crippen molar-refractivity contribution in [2.45, 2.75) is 25.9 Å². The van der Waals surface area contributed by atoms with Crippen LogP contribution in [0.2, 0.25) is 0 Å². The van der Waals surface area contributed by atoms with Crippen LogP contribution in [-0.4, -0.2) is 29.0 Å². The third-order valence-corrected chi connectivity index (χ3v) is 2.67. The summed E-state index contributed by atoms with van der Waals surface area (Å²) in [7, 11) is 0. The molecule has 0 spiro atoms. The van der Waals surface area contributed by atoms with E-state index in [-0.39, 0.29) is 12.4 Å². The molecule has 15 heavy (non-hydrogen) atoms. The molecule has 2 rings (SSSR count). The van der Waals surface area contributed by atoms with Crippen LogP contribution in [0.3, 0.4) is 0 Å². The standard InChI is InChI=1S/C11H17N3.ClH/c1-9-2-3-11(13-6-9)8-14-5-4-10(12)7-14;/h2-3,6,10H,4-5,7-8,12H2,1H3;1H/t10-;/m1./s1. The Morgan fingerprint density at radius 1 is 1.53 bits per heavy atom. The second-order valence-corrected chi connectivity index (χ2v) is 4.11. The summed E-state index contributed by atoms with van der Waals surface area (Å²) in [6.07, 6.45) is 3.04. The van der Waals surface area contributed by atoms with Crippen molar-refractivity contribution in [2.75, 3.05) is 13.1 Å². The fourth-order valence-corrected chi connectivity index (χ4v) is 1.83. The second kappa shape index (κ2) is 5.45. The van der Waals surface area contributed by atoms with E-state index in [1.807, 2.05) is 6.20 Å². The van der Waals surface area contributed by atoms with Gasteiger partial charge in [-0.3, -0.25) is 9.88 Å². The Hall–Kier alpha value is -0.640. The maximum Gasteiger partial charge on any atom is 0.0544 e. The van der Waals surface area contributed by atoms with Gasteiger partial charge in [0.25, 0.3) is 0 Å². The van der Waals surface area contributed by atoms with Crippen LogP contribution < -0.4 is 5.73 Å². The Labute approximate surface area is 97.1 Å². The van der Waals surface area contributed by atoms with Crippen molar-refractivity contribution < 1.29 is 0 Å². The van der Waals surface area contributed by atoms with Crippen molar-refractivity contribution in [3.8, 4) is 0 Å². The van der Waals surface area contributed by atoms with Crippen LogP contribution in [0.4, 0.5) is 0 Å². The average Bonchev–Trinajstić information content (AvgIpc) is 2.56. The maximum atomic E-state index is 5.84. The first-order valence-electron chi connectivity index (χ1n) is 5.13. The normalized spacial score (nSPS) is 21.3. The molecular weight excluding hydrogens is 210 g/mol. The zero-order chi connectivity index (χ0) is 9.97. The Morgan fingerprint density at radius 2 is 2.33 bits per heavy atom. The van der Waals surface area contributed by atoms with Gasteiger partial charge in [-0.05, 0) is 25.0 Å². The third kappa shape index (κ3) is 3.45. The van der Waals surface area contributed by atoms with E-state index in [1.54, 1.807) is 0 Å². The molecule has 0 aliphatic carbocycles. The predicted molar refractivity (Wildman–Crippen MR) is 64.1 cm³/mol. The van der Waals surface area contributed by atoms with Crippen LogP contribution in [0, 0.1) is 6.92 Å².